The monoisotopic (exact) mass is 283 g/mol. The number of benzene rings is 1. The number of amides is 2. The van der Waals surface area contributed by atoms with Gasteiger partial charge in [0.25, 0.3) is 5.91 Å². The lowest BCUT2D eigenvalue weighted by Gasteiger charge is -2.11. The molecule has 0 bridgehead atoms. The van der Waals surface area contributed by atoms with Crippen molar-refractivity contribution >= 4 is 11.8 Å². The second-order valence-corrected chi connectivity index (χ2v) is 5.37. The fourth-order valence-electron chi connectivity index (χ4n) is 2.35. The molecule has 0 saturated heterocycles. The summed E-state index contributed by atoms with van der Waals surface area (Å²) < 4.78 is 1.86. The highest BCUT2D eigenvalue weighted by Crippen LogP contribution is 2.37. The van der Waals surface area contributed by atoms with Gasteiger partial charge in [-0.15, -0.1) is 0 Å². The average molecular weight is 283 g/mol. The molecule has 5 nitrogen and oxygen atoms in total. The fraction of sp³-hybridized carbons (Fsp3) is 0.250. The summed E-state index contributed by atoms with van der Waals surface area (Å²) >= 11 is 0. The molecule has 0 radical (unpaired) electrons. The van der Waals surface area contributed by atoms with Gasteiger partial charge in [0.05, 0.1) is 11.3 Å². The number of nitrogens with one attached hydrogen (secondary N) is 2. The van der Waals surface area contributed by atoms with Crippen LogP contribution in [0.4, 0.5) is 0 Å². The number of hydrazine groups is 1. The van der Waals surface area contributed by atoms with Gasteiger partial charge in [0, 0.05) is 18.3 Å². The Labute approximate surface area is 122 Å². The molecule has 5 heteroatoms. The van der Waals surface area contributed by atoms with Crippen LogP contribution in [-0.2, 0) is 4.79 Å². The van der Waals surface area contributed by atoms with E-state index in [2.05, 4.69) is 10.9 Å². The lowest BCUT2D eigenvalue weighted by atomic mass is 10.1. The molecule has 1 saturated carbocycles. The van der Waals surface area contributed by atoms with Crippen LogP contribution in [0.3, 0.4) is 0 Å². The number of rotatable bonds is 3. The van der Waals surface area contributed by atoms with Crippen LogP contribution >= 0.6 is 0 Å². The van der Waals surface area contributed by atoms with Gasteiger partial charge in [-0.1, -0.05) is 19.1 Å². The van der Waals surface area contributed by atoms with Crippen molar-refractivity contribution in [3.8, 4) is 5.69 Å². The molecule has 0 unspecified atom stereocenters. The largest absolute Gasteiger partial charge is 0.323 e. The number of para-hydroxylation sites is 1. The SMILES string of the molecule is C[C@@H]1C[C@@H]1C(=O)NNC(=O)c1ccccc1-n1cccc1. The van der Waals surface area contributed by atoms with Crippen molar-refractivity contribution in [1.29, 1.82) is 0 Å². The van der Waals surface area contributed by atoms with Gasteiger partial charge in [0.15, 0.2) is 0 Å². The molecule has 2 atom stereocenters. The Bertz CT molecular complexity index is 664. The zero-order valence-corrected chi connectivity index (χ0v) is 11.7. The van der Waals surface area contributed by atoms with Gasteiger partial charge in [-0.3, -0.25) is 20.4 Å². The number of carbonyl (C=O) groups is 2. The predicted molar refractivity (Wildman–Crippen MR) is 78.6 cm³/mol. The molecular weight excluding hydrogens is 266 g/mol. The fourth-order valence-corrected chi connectivity index (χ4v) is 2.35. The Morgan fingerprint density at radius 3 is 2.43 bits per heavy atom. The zero-order valence-electron chi connectivity index (χ0n) is 11.7. The second-order valence-electron chi connectivity index (χ2n) is 5.37. The van der Waals surface area contributed by atoms with Gasteiger partial charge in [-0.25, -0.2) is 0 Å². The highest BCUT2D eigenvalue weighted by Gasteiger charge is 2.39. The van der Waals surface area contributed by atoms with E-state index in [0.29, 0.717) is 11.5 Å². The smallest absolute Gasteiger partial charge is 0.271 e. The van der Waals surface area contributed by atoms with Gasteiger partial charge in [-0.2, -0.15) is 0 Å². The van der Waals surface area contributed by atoms with E-state index in [1.165, 1.54) is 0 Å². The molecule has 21 heavy (non-hydrogen) atoms. The lowest BCUT2D eigenvalue weighted by Crippen LogP contribution is -2.42. The molecular formula is C16H17N3O2. The molecule has 2 aromatic rings. The van der Waals surface area contributed by atoms with Gasteiger partial charge < -0.3 is 4.57 Å². The third-order valence-corrected chi connectivity index (χ3v) is 3.78. The number of carbonyl (C=O) groups excluding carboxylic acids is 2. The minimum Gasteiger partial charge on any atom is -0.323 e. The van der Waals surface area contributed by atoms with Crippen LogP contribution in [0, 0.1) is 11.8 Å². The van der Waals surface area contributed by atoms with E-state index in [1.807, 2.05) is 48.1 Å². The number of nitrogens with zero attached hydrogens (tertiary/aromatic N) is 1. The Balaban J connectivity index is 1.71. The highest BCUT2D eigenvalue weighted by atomic mass is 16.2. The summed E-state index contributed by atoms with van der Waals surface area (Å²) in [5.74, 6) is 0.00861. The quantitative estimate of drug-likeness (QED) is 0.845. The molecule has 2 amide bonds. The molecule has 1 aliphatic carbocycles. The summed E-state index contributed by atoms with van der Waals surface area (Å²) in [5, 5.41) is 0. The van der Waals surface area contributed by atoms with Gasteiger partial charge >= 0.3 is 0 Å². The molecule has 3 rings (SSSR count). The number of aromatic nitrogens is 1. The molecule has 108 valence electrons. The number of hydrogen-bond acceptors (Lipinski definition) is 2. The molecule has 1 heterocycles. The van der Waals surface area contributed by atoms with Crippen molar-refractivity contribution in [2.45, 2.75) is 13.3 Å². The van der Waals surface area contributed by atoms with Gasteiger partial charge in [-0.05, 0) is 36.6 Å². The van der Waals surface area contributed by atoms with E-state index in [0.717, 1.165) is 12.1 Å². The molecule has 1 fully saturated rings. The Hall–Kier alpha value is -2.56. The van der Waals surface area contributed by atoms with Crippen LogP contribution in [0.15, 0.2) is 48.8 Å². The molecule has 0 aliphatic heterocycles. The Morgan fingerprint density at radius 2 is 1.76 bits per heavy atom. The summed E-state index contributed by atoms with van der Waals surface area (Å²) in [6.07, 6.45) is 4.63. The van der Waals surface area contributed by atoms with Crippen molar-refractivity contribution in [2.24, 2.45) is 11.8 Å². The second kappa shape index (κ2) is 5.44. The zero-order chi connectivity index (χ0) is 14.8. The van der Waals surface area contributed by atoms with E-state index < -0.39 is 0 Å². The summed E-state index contributed by atoms with van der Waals surface area (Å²) in [6, 6.07) is 11.1. The van der Waals surface area contributed by atoms with E-state index >= 15 is 0 Å². The first kappa shape index (κ1) is 13.4. The van der Waals surface area contributed by atoms with Gasteiger partial charge in [0.2, 0.25) is 5.91 Å². The Morgan fingerprint density at radius 1 is 1.10 bits per heavy atom. The van der Waals surface area contributed by atoms with Crippen molar-refractivity contribution in [1.82, 2.24) is 15.4 Å². The first-order chi connectivity index (χ1) is 10.2. The minimum absolute atomic E-state index is 0.0324. The first-order valence-electron chi connectivity index (χ1n) is 6.99. The summed E-state index contributed by atoms with van der Waals surface area (Å²) in [7, 11) is 0. The lowest BCUT2D eigenvalue weighted by molar-refractivity contribution is -0.123. The average Bonchev–Trinajstić information content (AvgIpc) is 3.02. The van der Waals surface area contributed by atoms with Crippen LogP contribution in [0.25, 0.3) is 5.69 Å². The minimum atomic E-state index is -0.319. The maximum Gasteiger partial charge on any atom is 0.271 e. The summed E-state index contributed by atoms with van der Waals surface area (Å²) in [4.78, 5) is 24.0. The molecule has 1 aromatic carbocycles. The molecule has 1 aromatic heterocycles. The van der Waals surface area contributed by atoms with Crippen LogP contribution in [-0.4, -0.2) is 16.4 Å². The maximum atomic E-state index is 12.3. The maximum absolute atomic E-state index is 12.3. The summed E-state index contributed by atoms with van der Waals surface area (Å²) in [5.41, 5.74) is 6.27. The van der Waals surface area contributed by atoms with Crippen molar-refractivity contribution in [3.63, 3.8) is 0 Å². The van der Waals surface area contributed by atoms with Crippen LogP contribution in [0.2, 0.25) is 0 Å². The van der Waals surface area contributed by atoms with E-state index in [4.69, 9.17) is 0 Å². The van der Waals surface area contributed by atoms with Crippen molar-refractivity contribution in [3.05, 3.63) is 54.4 Å². The van der Waals surface area contributed by atoms with Crippen molar-refractivity contribution < 1.29 is 9.59 Å². The van der Waals surface area contributed by atoms with E-state index in [-0.39, 0.29) is 17.7 Å². The van der Waals surface area contributed by atoms with E-state index in [1.54, 1.807) is 12.1 Å². The predicted octanol–water partition coefficient (Wildman–Crippen LogP) is 1.89. The third-order valence-electron chi connectivity index (χ3n) is 3.78. The van der Waals surface area contributed by atoms with Crippen LogP contribution in [0.5, 0.6) is 0 Å². The van der Waals surface area contributed by atoms with Crippen molar-refractivity contribution in [2.75, 3.05) is 0 Å². The standard InChI is InChI=1S/C16H17N3O2/c1-11-10-13(11)16(21)18-17-15(20)12-6-2-3-7-14(12)19-8-4-5-9-19/h2-9,11,13H,10H2,1H3,(H,17,20)(H,18,21)/t11-,13+/m1/s1. The van der Waals surface area contributed by atoms with Gasteiger partial charge in [0.1, 0.15) is 0 Å². The third kappa shape index (κ3) is 2.81. The van der Waals surface area contributed by atoms with Crippen LogP contribution < -0.4 is 10.9 Å². The first-order valence-corrected chi connectivity index (χ1v) is 6.99. The van der Waals surface area contributed by atoms with Crippen LogP contribution in [0.1, 0.15) is 23.7 Å². The topological polar surface area (TPSA) is 63.1 Å². The highest BCUT2D eigenvalue weighted by molar-refractivity contribution is 5.98. The summed E-state index contributed by atoms with van der Waals surface area (Å²) in [6.45, 7) is 2.02. The number of hydrogen-bond donors (Lipinski definition) is 2. The normalized spacial score (nSPS) is 19.9. The Kier molecular flexibility index (Phi) is 3.48. The van der Waals surface area contributed by atoms with E-state index in [9.17, 15) is 9.59 Å². The molecule has 1 aliphatic rings. The molecule has 0 spiro atoms. The molecule has 2 N–H and O–H groups in total.